The molecule has 1 aliphatic carbocycles. The van der Waals surface area contributed by atoms with E-state index in [0.717, 1.165) is 48.3 Å². The van der Waals surface area contributed by atoms with Crippen LogP contribution in [0.4, 0.5) is 0 Å². The van der Waals surface area contributed by atoms with Gasteiger partial charge in [0.2, 0.25) is 5.91 Å². The molecule has 2 aromatic heterocycles. The van der Waals surface area contributed by atoms with Gasteiger partial charge in [0.1, 0.15) is 10.8 Å². The number of aromatic nitrogens is 2. The molecule has 1 N–H and O–H groups in total. The van der Waals surface area contributed by atoms with Gasteiger partial charge >= 0.3 is 5.69 Å². The summed E-state index contributed by atoms with van der Waals surface area (Å²) >= 11 is 1.33. The van der Waals surface area contributed by atoms with Gasteiger partial charge in [-0.15, -0.1) is 0 Å². The Morgan fingerprint density at radius 3 is 2.76 bits per heavy atom. The summed E-state index contributed by atoms with van der Waals surface area (Å²) in [4.78, 5) is 29.6. The summed E-state index contributed by atoms with van der Waals surface area (Å²) in [5.74, 6) is 2.20. The fourth-order valence-electron chi connectivity index (χ4n) is 4.16. The summed E-state index contributed by atoms with van der Waals surface area (Å²) in [6.45, 7) is 0.883. The Bertz CT molecular complexity index is 1190. The molecular formula is C25H29N3O5S. The molecule has 3 aromatic rings. The summed E-state index contributed by atoms with van der Waals surface area (Å²) in [6, 6.07) is 9.39. The van der Waals surface area contributed by atoms with E-state index in [1.54, 1.807) is 25.0 Å². The molecule has 1 aromatic carbocycles. The number of rotatable bonds is 10. The van der Waals surface area contributed by atoms with E-state index in [2.05, 4.69) is 10.3 Å². The van der Waals surface area contributed by atoms with Gasteiger partial charge in [0, 0.05) is 17.8 Å². The Morgan fingerprint density at radius 1 is 1.18 bits per heavy atom. The topological polar surface area (TPSA) is 95.6 Å². The first-order valence-corrected chi connectivity index (χ1v) is 12.3. The van der Waals surface area contributed by atoms with Crippen LogP contribution in [0.3, 0.4) is 0 Å². The molecule has 0 atom stereocenters. The average Bonchev–Trinajstić information content (AvgIpc) is 3.38. The molecule has 9 heteroatoms. The van der Waals surface area contributed by atoms with Gasteiger partial charge in [0.15, 0.2) is 11.5 Å². The van der Waals surface area contributed by atoms with Crippen LogP contribution in [0.2, 0.25) is 0 Å². The van der Waals surface area contributed by atoms with E-state index in [0.29, 0.717) is 36.0 Å². The van der Waals surface area contributed by atoms with Gasteiger partial charge in [0.25, 0.3) is 0 Å². The molecule has 180 valence electrons. The molecule has 0 saturated heterocycles. The second-order valence-electron chi connectivity index (χ2n) is 8.08. The number of nitrogens with one attached hydrogen (secondary N) is 1. The Morgan fingerprint density at radius 2 is 2.00 bits per heavy atom. The number of thioether (sulfide) groups is 1. The van der Waals surface area contributed by atoms with E-state index in [9.17, 15) is 9.59 Å². The van der Waals surface area contributed by atoms with Crippen molar-refractivity contribution in [2.75, 3.05) is 26.5 Å². The van der Waals surface area contributed by atoms with E-state index in [1.165, 1.54) is 11.8 Å². The lowest BCUT2D eigenvalue weighted by atomic mass is 9.97. The summed E-state index contributed by atoms with van der Waals surface area (Å²) in [7, 11) is 3.20. The summed E-state index contributed by atoms with van der Waals surface area (Å²) < 4.78 is 17.7. The molecular weight excluding hydrogens is 454 g/mol. The van der Waals surface area contributed by atoms with Gasteiger partial charge in [-0.1, -0.05) is 17.8 Å². The van der Waals surface area contributed by atoms with Crippen LogP contribution in [0, 0.1) is 0 Å². The molecule has 0 saturated carbocycles. The normalized spacial score (nSPS) is 12.8. The van der Waals surface area contributed by atoms with E-state index < -0.39 is 0 Å². The predicted molar refractivity (Wildman–Crippen MR) is 130 cm³/mol. The van der Waals surface area contributed by atoms with Crippen molar-refractivity contribution in [2.45, 2.75) is 43.7 Å². The van der Waals surface area contributed by atoms with Crippen LogP contribution >= 0.6 is 11.8 Å². The third-order valence-electron chi connectivity index (χ3n) is 5.87. The number of hydrogen-bond acceptors (Lipinski definition) is 7. The highest BCUT2D eigenvalue weighted by Gasteiger charge is 2.21. The van der Waals surface area contributed by atoms with Crippen molar-refractivity contribution < 1.29 is 18.7 Å². The lowest BCUT2D eigenvalue weighted by Crippen LogP contribution is -2.31. The molecule has 8 nitrogen and oxygen atoms in total. The van der Waals surface area contributed by atoms with Crippen LogP contribution in [0.1, 0.15) is 35.4 Å². The van der Waals surface area contributed by atoms with Gasteiger partial charge in [0.05, 0.1) is 32.8 Å². The third-order valence-corrected chi connectivity index (χ3v) is 6.89. The van der Waals surface area contributed by atoms with Crippen LogP contribution in [0.15, 0.2) is 50.8 Å². The highest BCUT2D eigenvalue weighted by atomic mass is 32.2. The first kappa shape index (κ1) is 23.9. The number of carbonyl (C=O) groups is 1. The molecule has 0 fully saturated rings. The highest BCUT2D eigenvalue weighted by Crippen LogP contribution is 2.29. The van der Waals surface area contributed by atoms with Gasteiger partial charge in [-0.05, 0) is 61.9 Å². The quantitative estimate of drug-likeness (QED) is 0.349. The van der Waals surface area contributed by atoms with Crippen molar-refractivity contribution in [1.29, 1.82) is 0 Å². The standard InChI is InChI=1S/C25H29N3O5S/c1-31-21-10-9-17(14-22(21)32-2)11-12-26-23(29)16-34-24-19-7-3-4-8-20(19)28(25(30)27-24)15-18-6-5-13-33-18/h5-6,9-10,13-14H,3-4,7-8,11-12,15-16H2,1-2H3,(H,26,29). The van der Waals surface area contributed by atoms with Crippen molar-refractivity contribution in [3.8, 4) is 11.5 Å². The summed E-state index contributed by atoms with van der Waals surface area (Å²) in [6.07, 6.45) is 6.07. The molecule has 0 aliphatic heterocycles. The van der Waals surface area contributed by atoms with Crippen molar-refractivity contribution >= 4 is 17.7 Å². The number of furan rings is 1. The minimum absolute atomic E-state index is 0.0865. The maximum atomic E-state index is 12.8. The Balaban J connectivity index is 1.36. The van der Waals surface area contributed by atoms with Crippen molar-refractivity contribution in [3.63, 3.8) is 0 Å². The SMILES string of the molecule is COc1ccc(CCNC(=O)CSc2nc(=O)n(Cc3ccco3)c3c2CCCC3)cc1OC. The molecule has 0 bridgehead atoms. The molecule has 1 amide bonds. The fourth-order valence-corrected chi connectivity index (χ4v) is 5.06. The highest BCUT2D eigenvalue weighted by molar-refractivity contribution is 7.99. The maximum Gasteiger partial charge on any atom is 0.349 e. The first-order chi connectivity index (χ1) is 16.6. The van der Waals surface area contributed by atoms with Crippen LogP contribution in [-0.4, -0.2) is 42.0 Å². The molecule has 34 heavy (non-hydrogen) atoms. The monoisotopic (exact) mass is 483 g/mol. The molecule has 1 aliphatic rings. The zero-order valence-electron chi connectivity index (χ0n) is 19.5. The van der Waals surface area contributed by atoms with Crippen LogP contribution in [0.5, 0.6) is 11.5 Å². The van der Waals surface area contributed by atoms with E-state index in [1.807, 2.05) is 30.3 Å². The maximum absolute atomic E-state index is 12.8. The molecule has 2 heterocycles. The van der Waals surface area contributed by atoms with Gasteiger partial charge < -0.3 is 19.2 Å². The van der Waals surface area contributed by atoms with Gasteiger partial charge in [-0.2, -0.15) is 4.98 Å². The second kappa shape index (κ2) is 11.3. The third kappa shape index (κ3) is 5.64. The lowest BCUT2D eigenvalue weighted by molar-refractivity contribution is -0.118. The first-order valence-electron chi connectivity index (χ1n) is 11.3. The number of amides is 1. The largest absolute Gasteiger partial charge is 0.493 e. The molecule has 4 rings (SSSR count). The number of methoxy groups -OCH3 is 2. The van der Waals surface area contributed by atoms with E-state index in [-0.39, 0.29) is 17.3 Å². The molecule has 0 unspecified atom stereocenters. The zero-order valence-corrected chi connectivity index (χ0v) is 20.3. The Kier molecular flexibility index (Phi) is 7.95. The van der Waals surface area contributed by atoms with Crippen molar-refractivity contribution in [3.05, 3.63) is 69.7 Å². The smallest absolute Gasteiger partial charge is 0.349 e. The number of hydrogen-bond donors (Lipinski definition) is 1. The average molecular weight is 484 g/mol. The van der Waals surface area contributed by atoms with Crippen LogP contribution < -0.4 is 20.5 Å². The van der Waals surface area contributed by atoms with Crippen LogP contribution in [0.25, 0.3) is 0 Å². The van der Waals surface area contributed by atoms with Crippen molar-refractivity contribution in [2.24, 2.45) is 0 Å². The lowest BCUT2D eigenvalue weighted by Gasteiger charge is -2.22. The zero-order chi connectivity index (χ0) is 23.9. The number of fused-ring (bicyclic) bond motifs is 1. The number of ether oxygens (including phenoxy) is 2. The second-order valence-corrected chi connectivity index (χ2v) is 9.04. The van der Waals surface area contributed by atoms with Crippen LogP contribution in [-0.2, 0) is 30.6 Å². The fraction of sp³-hybridized carbons (Fsp3) is 0.400. The number of nitrogens with zero attached hydrogens (tertiary/aromatic N) is 2. The van der Waals surface area contributed by atoms with E-state index >= 15 is 0 Å². The minimum Gasteiger partial charge on any atom is -0.493 e. The summed E-state index contributed by atoms with van der Waals surface area (Å²) in [5, 5.41) is 3.62. The van der Waals surface area contributed by atoms with E-state index in [4.69, 9.17) is 13.9 Å². The minimum atomic E-state index is -0.298. The summed E-state index contributed by atoms with van der Waals surface area (Å²) in [5.41, 5.74) is 2.84. The van der Waals surface area contributed by atoms with Crippen molar-refractivity contribution in [1.82, 2.24) is 14.9 Å². The van der Waals surface area contributed by atoms with Gasteiger partial charge in [-0.25, -0.2) is 4.79 Å². The Hall–Kier alpha value is -3.20. The predicted octanol–water partition coefficient (Wildman–Crippen LogP) is 3.23. The number of benzene rings is 1. The Labute approximate surface area is 202 Å². The number of carbonyl (C=O) groups excluding carboxylic acids is 1. The molecule has 0 spiro atoms. The van der Waals surface area contributed by atoms with Gasteiger partial charge in [-0.3, -0.25) is 9.36 Å². The molecule has 0 radical (unpaired) electrons.